The van der Waals surface area contributed by atoms with Crippen molar-refractivity contribution in [3.05, 3.63) is 22.8 Å². The van der Waals surface area contributed by atoms with E-state index in [-0.39, 0.29) is 0 Å². The Morgan fingerprint density at radius 1 is 1.10 bits per heavy atom. The standard InChI is InChI=1S/C16H29N3O2/c1-7-16(4,21-6)15-18-12(2)14(13(3)19-15)8-9-17-10-11-20-5/h17H,7-11H2,1-6H3. The van der Waals surface area contributed by atoms with Crippen LogP contribution >= 0.6 is 0 Å². The quantitative estimate of drug-likeness (QED) is 0.707. The van der Waals surface area contributed by atoms with Gasteiger partial charge in [0, 0.05) is 32.2 Å². The zero-order valence-corrected chi connectivity index (χ0v) is 14.2. The van der Waals surface area contributed by atoms with Crippen molar-refractivity contribution < 1.29 is 9.47 Å². The first-order valence-electron chi connectivity index (χ1n) is 7.58. The van der Waals surface area contributed by atoms with E-state index in [1.54, 1.807) is 14.2 Å². The lowest BCUT2D eigenvalue weighted by Gasteiger charge is -2.26. The van der Waals surface area contributed by atoms with Gasteiger partial charge in [-0.25, -0.2) is 9.97 Å². The minimum absolute atomic E-state index is 0.412. The summed E-state index contributed by atoms with van der Waals surface area (Å²) < 4.78 is 10.6. The van der Waals surface area contributed by atoms with Gasteiger partial charge in [-0.1, -0.05) is 6.92 Å². The molecule has 21 heavy (non-hydrogen) atoms. The fourth-order valence-electron chi connectivity index (χ4n) is 2.24. The zero-order chi connectivity index (χ0) is 15.9. The van der Waals surface area contributed by atoms with E-state index >= 15 is 0 Å². The maximum absolute atomic E-state index is 5.60. The van der Waals surface area contributed by atoms with Crippen molar-refractivity contribution in [2.24, 2.45) is 0 Å². The molecule has 0 radical (unpaired) electrons. The number of hydrogen-bond acceptors (Lipinski definition) is 5. The third kappa shape index (κ3) is 4.73. The van der Waals surface area contributed by atoms with Crippen LogP contribution in [0.1, 0.15) is 43.0 Å². The van der Waals surface area contributed by atoms with E-state index in [0.717, 1.165) is 49.8 Å². The summed E-state index contributed by atoms with van der Waals surface area (Å²) in [4.78, 5) is 9.35. The number of aryl methyl sites for hydroxylation is 2. The third-order valence-corrected chi connectivity index (χ3v) is 4.05. The summed E-state index contributed by atoms with van der Waals surface area (Å²) in [5, 5.41) is 3.35. The molecule has 0 aliphatic heterocycles. The summed E-state index contributed by atoms with van der Waals surface area (Å²) in [6, 6.07) is 0. The molecule has 0 spiro atoms. The molecular weight excluding hydrogens is 266 g/mol. The summed E-state index contributed by atoms with van der Waals surface area (Å²) in [5.74, 6) is 0.776. The van der Waals surface area contributed by atoms with Gasteiger partial charge in [-0.05, 0) is 45.7 Å². The first-order valence-corrected chi connectivity index (χ1v) is 7.58. The minimum Gasteiger partial charge on any atom is -0.383 e. The molecular formula is C16H29N3O2. The number of nitrogens with one attached hydrogen (secondary N) is 1. The van der Waals surface area contributed by atoms with Crippen molar-refractivity contribution in [1.82, 2.24) is 15.3 Å². The SMILES string of the molecule is CCC(C)(OC)c1nc(C)c(CCNCCOC)c(C)n1. The van der Waals surface area contributed by atoms with Crippen LogP contribution < -0.4 is 5.32 Å². The predicted molar refractivity (Wildman–Crippen MR) is 84.6 cm³/mol. The normalized spacial score (nSPS) is 14.2. The van der Waals surface area contributed by atoms with E-state index < -0.39 is 5.60 Å². The first kappa shape index (κ1) is 18.0. The van der Waals surface area contributed by atoms with Crippen LogP contribution in [-0.2, 0) is 21.5 Å². The van der Waals surface area contributed by atoms with Gasteiger partial charge in [0.1, 0.15) is 5.60 Å². The van der Waals surface area contributed by atoms with Gasteiger partial charge in [0.15, 0.2) is 5.82 Å². The molecule has 0 aromatic carbocycles. The molecule has 1 heterocycles. The Morgan fingerprint density at radius 3 is 2.19 bits per heavy atom. The summed E-state index contributed by atoms with van der Waals surface area (Å²) in [5.41, 5.74) is 2.90. The van der Waals surface area contributed by atoms with Gasteiger partial charge in [-0.3, -0.25) is 0 Å². The Balaban J connectivity index is 2.80. The van der Waals surface area contributed by atoms with Crippen LogP contribution in [-0.4, -0.2) is 43.9 Å². The van der Waals surface area contributed by atoms with Gasteiger partial charge in [0.25, 0.3) is 0 Å². The van der Waals surface area contributed by atoms with Crippen LogP contribution in [0, 0.1) is 13.8 Å². The molecule has 0 fully saturated rings. The molecule has 0 saturated carbocycles. The second-order valence-corrected chi connectivity index (χ2v) is 5.48. The van der Waals surface area contributed by atoms with Gasteiger partial charge in [-0.2, -0.15) is 0 Å². The predicted octanol–water partition coefficient (Wildman–Crippen LogP) is 2.14. The largest absolute Gasteiger partial charge is 0.383 e. The first-order chi connectivity index (χ1) is 9.98. The number of rotatable bonds is 9. The van der Waals surface area contributed by atoms with Crippen molar-refractivity contribution in [2.45, 2.75) is 46.1 Å². The topological polar surface area (TPSA) is 56.3 Å². The second kappa shape index (κ2) is 8.41. The molecule has 0 saturated heterocycles. The Kier molecular flexibility index (Phi) is 7.22. The van der Waals surface area contributed by atoms with Gasteiger partial charge >= 0.3 is 0 Å². The van der Waals surface area contributed by atoms with Gasteiger partial charge in [0.05, 0.1) is 6.61 Å². The summed E-state index contributed by atoms with van der Waals surface area (Å²) >= 11 is 0. The second-order valence-electron chi connectivity index (χ2n) is 5.48. The maximum atomic E-state index is 5.60. The molecule has 1 aromatic rings. The molecule has 5 nitrogen and oxygen atoms in total. The van der Waals surface area contributed by atoms with Gasteiger partial charge in [-0.15, -0.1) is 0 Å². The van der Waals surface area contributed by atoms with Crippen molar-refractivity contribution in [3.8, 4) is 0 Å². The van der Waals surface area contributed by atoms with E-state index in [4.69, 9.17) is 9.47 Å². The molecule has 1 rings (SSSR count). The van der Waals surface area contributed by atoms with Crippen LogP contribution in [0.3, 0.4) is 0 Å². The number of aromatic nitrogens is 2. The lowest BCUT2D eigenvalue weighted by molar-refractivity contribution is -0.00928. The van der Waals surface area contributed by atoms with E-state index in [1.165, 1.54) is 5.56 Å². The Hall–Kier alpha value is -1.04. The monoisotopic (exact) mass is 295 g/mol. The highest BCUT2D eigenvalue weighted by Crippen LogP contribution is 2.26. The van der Waals surface area contributed by atoms with E-state index in [1.807, 2.05) is 6.92 Å². The van der Waals surface area contributed by atoms with Crippen molar-refractivity contribution >= 4 is 0 Å². The van der Waals surface area contributed by atoms with E-state index in [9.17, 15) is 0 Å². The lowest BCUT2D eigenvalue weighted by Crippen LogP contribution is -2.28. The van der Waals surface area contributed by atoms with E-state index in [0.29, 0.717) is 0 Å². The fraction of sp³-hybridized carbons (Fsp3) is 0.750. The Morgan fingerprint density at radius 2 is 1.71 bits per heavy atom. The minimum atomic E-state index is -0.412. The molecule has 0 aliphatic carbocycles. The molecule has 1 aromatic heterocycles. The van der Waals surface area contributed by atoms with Crippen molar-refractivity contribution in [3.63, 3.8) is 0 Å². The molecule has 120 valence electrons. The van der Waals surface area contributed by atoms with Crippen LogP contribution in [0.15, 0.2) is 0 Å². The average Bonchev–Trinajstić information content (AvgIpc) is 2.48. The molecule has 0 bridgehead atoms. The van der Waals surface area contributed by atoms with Crippen molar-refractivity contribution in [2.75, 3.05) is 33.9 Å². The number of hydrogen-bond donors (Lipinski definition) is 1. The van der Waals surface area contributed by atoms with Gasteiger partial charge in [0.2, 0.25) is 0 Å². The zero-order valence-electron chi connectivity index (χ0n) is 14.2. The third-order valence-electron chi connectivity index (χ3n) is 4.05. The molecule has 0 amide bonds. The van der Waals surface area contributed by atoms with Crippen LogP contribution in [0.25, 0.3) is 0 Å². The van der Waals surface area contributed by atoms with Gasteiger partial charge < -0.3 is 14.8 Å². The average molecular weight is 295 g/mol. The summed E-state index contributed by atoms with van der Waals surface area (Å²) in [6.45, 7) is 10.7. The Bertz CT molecular complexity index is 422. The molecule has 1 atom stereocenters. The number of ether oxygens (including phenoxy) is 2. The highest BCUT2D eigenvalue weighted by Gasteiger charge is 2.28. The maximum Gasteiger partial charge on any atom is 0.160 e. The number of methoxy groups -OCH3 is 2. The molecule has 0 aliphatic rings. The summed E-state index contributed by atoms with van der Waals surface area (Å²) in [6.07, 6.45) is 1.78. The molecule has 1 N–H and O–H groups in total. The highest BCUT2D eigenvalue weighted by molar-refractivity contribution is 5.26. The molecule has 5 heteroatoms. The van der Waals surface area contributed by atoms with Crippen LogP contribution in [0.4, 0.5) is 0 Å². The molecule has 1 unspecified atom stereocenters. The van der Waals surface area contributed by atoms with Crippen LogP contribution in [0.5, 0.6) is 0 Å². The summed E-state index contributed by atoms with van der Waals surface area (Å²) in [7, 11) is 3.42. The highest BCUT2D eigenvalue weighted by atomic mass is 16.5. The fourth-order valence-corrected chi connectivity index (χ4v) is 2.24. The number of nitrogens with zero attached hydrogens (tertiary/aromatic N) is 2. The Labute approximate surface area is 128 Å². The van der Waals surface area contributed by atoms with Crippen molar-refractivity contribution in [1.29, 1.82) is 0 Å². The smallest absolute Gasteiger partial charge is 0.160 e. The lowest BCUT2D eigenvalue weighted by atomic mass is 10.0. The van der Waals surface area contributed by atoms with E-state index in [2.05, 4.69) is 36.1 Å². The van der Waals surface area contributed by atoms with Crippen LogP contribution in [0.2, 0.25) is 0 Å².